The molecule has 3 heterocycles. The molecule has 1 fully saturated rings. The smallest absolute Gasteiger partial charge is 0.277 e. The summed E-state index contributed by atoms with van der Waals surface area (Å²) >= 11 is 1.38. The third kappa shape index (κ3) is 4.40. The highest BCUT2D eigenvalue weighted by Crippen LogP contribution is 2.22. The number of nitrogens with one attached hydrogen (secondary N) is 2. The topological polar surface area (TPSA) is 71.8 Å². The Kier molecular flexibility index (Phi) is 5.26. The van der Waals surface area contributed by atoms with Gasteiger partial charge in [0.15, 0.2) is 10.8 Å². The number of aromatic nitrogens is 3. The van der Waals surface area contributed by atoms with Crippen LogP contribution in [0.1, 0.15) is 39.8 Å². The van der Waals surface area contributed by atoms with Crippen molar-refractivity contribution < 1.29 is 9.18 Å². The number of carbonyl (C=O) groups excluding carboxylic acids is 1. The maximum atomic E-state index is 13.3. The minimum atomic E-state index is -0.274. The van der Waals surface area contributed by atoms with Crippen molar-refractivity contribution in [3.05, 3.63) is 64.7 Å². The van der Waals surface area contributed by atoms with Gasteiger partial charge < -0.3 is 5.32 Å². The average Bonchev–Trinajstić information content (AvgIpc) is 3.32. The summed E-state index contributed by atoms with van der Waals surface area (Å²) in [5.41, 5.74) is 1.25. The van der Waals surface area contributed by atoms with E-state index >= 15 is 0 Å². The van der Waals surface area contributed by atoms with E-state index in [0.717, 1.165) is 36.4 Å². The molecule has 6 nitrogen and oxygen atoms in total. The molecule has 1 unspecified atom stereocenters. The van der Waals surface area contributed by atoms with E-state index in [1.54, 1.807) is 18.3 Å². The van der Waals surface area contributed by atoms with Crippen molar-refractivity contribution >= 4 is 22.4 Å². The van der Waals surface area contributed by atoms with Gasteiger partial charge in [0.1, 0.15) is 5.82 Å². The van der Waals surface area contributed by atoms with E-state index in [-0.39, 0.29) is 17.8 Å². The number of thiazole rings is 1. The third-order valence-corrected chi connectivity index (χ3v) is 5.44. The van der Waals surface area contributed by atoms with Crippen LogP contribution in [0.15, 0.2) is 42.7 Å². The number of carbonyl (C=O) groups is 1. The fourth-order valence-electron chi connectivity index (χ4n) is 3.18. The third-order valence-electron chi connectivity index (χ3n) is 4.53. The second kappa shape index (κ2) is 7.98. The zero-order valence-corrected chi connectivity index (χ0v) is 15.5. The average molecular weight is 385 g/mol. The molecule has 1 aliphatic rings. The number of piperidine rings is 1. The van der Waals surface area contributed by atoms with Gasteiger partial charge in [-0.1, -0.05) is 12.1 Å². The quantitative estimate of drug-likeness (QED) is 0.707. The van der Waals surface area contributed by atoms with Crippen LogP contribution in [-0.2, 0) is 6.42 Å². The lowest BCUT2D eigenvalue weighted by Crippen LogP contribution is -2.32. The van der Waals surface area contributed by atoms with E-state index in [1.165, 1.54) is 23.5 Å². The van der Waals surface area contributed by atoms with Crippen LogP contribution in [0.2, 0.25) is 0 Å². The highest BCUT2D eigenvalue weighted by molar-refractivity contribution is 7.15. The van der Waals surface area contributed by atoms with Crippen LogP contribution in [0.4, 0.5) is 9.52 Å². The van der Waals surface area contributed by atoms with Crippen molar-refractivity contribution in [2.75, 3.05) is 18.4 Å². The van der Waals surface area contributed by atoms with Gasteiger partial charge in [-0.2, -0.15) is 5.10 Å². The number of benzene rings is 1. The lowest BCUT2D eigenvalue weighted by atomic mass is 10.1. The molecule has 0 bridgehead atoms. The number of halogens is 1. The molecule has 1 aliphatic heterocycles. The van der Waals surface area contributed by atoms with Crippen molar-refractivity contribution in [2.45, 2.75) is 25.3 Å². The van der Waals surface area contributed by atoms with Crippen LogP contribution in [0, 0.1) is 5.82 Å². The van der Waals surface area contributed by atoms with E-state index < -0.39 is 0 Å². The van der Waals surface area contributed by atoms with Gasteiger partial charge in [-0.3, -0.25) is 14.8 Å². The van der Waals surface area contributed by atoms with E-state index in [1.807, 2.05) is 16.9 Å². The Hall–Kier alpha value is -2.58. The summed E-state index contributed by atoms with van der Waals surface area (Å²) in [5, 5.41) is 11.1. The maximum absolute atomic E-state index is 13.3. The molecule has 1 saturated heterocycles. The van der Waals surface area contributed by atoms with Gasteiger partial charge in [0.05, 0.1) is 6.04 Å². The van der Waals surface area contributed by atoms with Crippen molar-refractivity contribution in [3.63, 3.8) is 0 Å². The molecule has 3 aromatic rings. The first-order chi connectivity index (χ1) is 13.2. The number of rotatable bonds is 5. The Morgan fingerprint density at radius 3 is 3.15 bits per heavy atom. The predicted molar refractivity (Wildman–Crippen MR) is 103 cm³/mol. The monoisotopic (exact) mass is 385 g/mol. The van der Waals surface area contributed by atoms with Crippen LogP contribution in [0.25, 0.3) is 0 Å². The van der Waals surface area contributed by atoms with Crippen molar-refractivity contribution in [3.8, 4) is 0 Å². The van der Waals surface area contributed by atoms with E-state index in [0.29, 0.717) is 17.2 Å². The molecule has 2 aromatic heterocycles. The number of anilines is 1. The normalized spacial score (nSPS) is 17.0. The molecular weight excluding hydrogens is 365 g/mol. The standard InChI is InChI=1S/C19H20FN5OS/c20-14-4-1-3-13(9-14)10-16-12-22-19(27-16)23-18(26)17-6-8-25(24-17)15-5-2-7-21-11-15/h1,3-4,6,8-9,12,15,21H,2,5,7,10-11H2,(H,22,23,26). The molecule has 1 amide bonds. The summed E-state index contributed by atoms with van der Waals surface area (Å²) in [6, 6.07) is 8.50. The highest BCUT2D eigenvalue weighted by atomic mass is 32.1. The van der Waals surface area contributed by atoms with Gasteiger partial charge in [0, 0.05) is 30.2 Å². The predicted octanol–water partition coefficient (Wildman–Crippen LogP) is 3.25. The first kappa shape index (κ1) is 17.8. The Morgan fingerprint density at radius 2 is 2.33 bits per heavy atom. The van der Waals surface area contributed by atoms with Crippen LogP contribution >= 0.6 is 11.3 Å². The minimum absolute atomic E-state index is 0.255. The highest BCUT2D eigenvalue weighted by Gasteiger charge is 2.18. The molecule has 140 valence electrons. The largest absolute Gasteiger partial charge is 0.315 e. The second-order valence-electron chi connectivity index (χ2n) is 6.57. The van der Waals surface area contributed by atoms with Gasteiger partial charge >= 0.3 is 0 Å². The van der Waals surface area contributed by atoms with Crippen LogP contribution in [0.5, 0.6) is 0 Å². The molecule has 1 atom stereocenters. The minimum Gasteiger partial charge on any atom is -0.315 e. The van der Waals surface area contributed by atoms with Crippen LogP contribution in [-0.4, -0.2) is 33.8 Å². The van der Waals surface area contributed by atoms with Gasteiger partial charge in [-0.15, -0.1) is 11.3 Å². The molecule has 1 aromatic carbocycles. The zero-order chi connectivity index (χ0) is 18.6. The molecule has 27 heavy (non-hydrogen) atoms. The molecular formula is C19H20FN5OS. The first-order valence-corrected chi connectivity index (χ1v) is 9.75. The number of nitrogens with zero attached hydrogens (tertiary/aromatic N) is 3. The molecule has 8 heteroatoms. The van der Waals surface area contributed by atoms with Crippen LogP contribution in [0.3, 0.4) is 0 Å². The molecule has 0 radical (unpaired) electrons. The van der Waals surface area contributed by atoms with Gasteiger partial charge in [-0.25, -0.2) is 9.37 Å². The zero-order valence-electron chi connectivity index (χ0n) is 14.7. The van der Waals surface area contributed by atoms with Crippen molar-refractivity contribution in [1.82, 2.24) is 20.1 Å². The van der Waals surface area contributed by atoms with Gasteiger partial charge in [-0.05, 0) is 43.1 Å². The van der Waals surface area contributed by atoms with Gasteiger partial charge in [0.25, 0.3) is 5.91 Å². The number of hydrogen-bond donors (Lipinski definition) is 2. The lowest BCUT2D eigenvalue weighted by Gasteiger charge is -2.22. The molecule has 0 aliphatic carbocycles. The fourth-order valence-corrected chi connectivity index (χ4v) is 4.02. The Bertz CT molecular complexity index is 932. The van der Waals surface area contributed by atoms with Crippen LogP contribution < -0.4 is 10.6 Å². The van der Waals surface area contributed by atoms with E-state index in [4.69, 9.17) is 0 Å². The number of hydrogen-bond acceptors (Lipinski definition) is 5. The van der Waals surface area contributed by atoms with E-state index in [9.17, 15) is 9.18 Å². The summed E-state index contributed by atoms with van der Waals surface area (Å²) in [5.74, 6) is -0.529. The summed E-state index contributed by atoms with van der Waals surface area (Å²) in [7, 11) is 0. The Labute approximate surface area is 160 Å². The lowest BCUT2D eigenvalue weighted by molar-refractivity contribution is 0.102. The molecule has 4 rings (SSSR count). The fraction of sp³-hybridized carbons (Fsp3) is 0.316. The Balaban J connectivity index is 1.38. The SMILES string of the molecule is O=C(Nc1ncc(Cc2cccc(F)c2)s1)c1ccn(C2CCCNC2)n1. The van der Waals surface area contributed by atoms with Crippen molar-refractivity contribution in [2.24, 2.45) is 0 Å². The van der Waals surface area contributed by atoms with Crippen molar-refractivity contribution in [1.29, 1.82) is 0 Å². The van der Waals surface area contributed by atoms with E-state index in [2.05, 4.69) is 20.7 Å². The molecule has 0 saturated carbocycles. The maximum Gasteiger partial charge on any atom is 0.277 e. The first-order valence-electron chi connectivity index (χ1n) is 8.94. The number of amides is 1. The second-order valence-corrected chi connectivity index (χ2v) is 7.69. The summed E-state index contributed by atoms with van der Waals surface area (Å²) in [6.45, 7) is 1.91. The van der Waals surface area contributed by atoms with Gasteiger partial charge in [0.2, 0.25) is 0 Å². The summed E-state index contributed by atoms with van der Waals surface area (Å²) in [6.07, 6.45) is 6.31. The summed E-state index contributed by atoms with van der Waals surface area (Å²) < 4.78 is 15.1. The molecule has 2 N–H and O–H groups in total. The summed E-state index contributed by atoms with van der Waals surface area (Å²) in [4.78, 5) is 17.6. The Morgan fingerprint density at radius 1 is 1.41 bits per heavy atom. The molecule has 0 spiro atoms.